The molecule has 2 aromatic rings. The smallest absolute Gasteiger partial charge is 0.318 e. The summed E-state index contributed by atoms with van der Waals surface area (Å²) in [6.45, 7) is 0. The molecule has 0 unspecified atom stereocenters. The average Bonchev–Trinajstić information content (AvgIpc) is 2.73. The molecule has 0 aromatic carbocycles. The third-order valence-electron chi connectivity index (χ3n) is 2.21. The Morgan fingerprint density at radius 2 is 2.38 bits per heavy atom. The van der Waals surface area contributed by atoms with Gasteiger partial charge in [0.15, 0.2) is 6.29 Å². The molecule has 0 saturated carbocycles. The number of aromatic nitrogens is 2. The number of H-pyrrole nitrogens is 1. The summed E-state index contributed by atoms with van der Waals surface area (Å²) in [6, 6.07) is 1.30. The van der Waals surface area contributed by atoms with Crippen LogP contribution in [0.15, 0.2) is 18.5 Å². The van der Waals surface area contributed by atoms with E-state index >= 15 is 0 Å². The molecule has 0 fully saturated rings. The van der Waals surface area contributed by atoms with Crippen molar-refractivity contribution in [3.63, 3.8) is 0 Å². The second-order valence-electron chi connectivity index (χ2n) is 3.15. The number of hydrogen-bond donors (Lipinski definition) is 3. The minimum Gasteiger partial charge on any atom is -0.345 e. The predicted molar refractivity (Wildman–Crippen MR) is 59.6 cm³/mol. The summed E-state index contributed by atoms with van der Waals surface area (Å²) in [4.78, 5) is 28.9. The second-order valence-corrected chi connectivity index (χ2v) is 3.15. The topological polar surface area (TPSA) is 86.9 Å². The summed E-state index contributed by atoms with van der Waals surface area (Å²) in [5.74, 6) is 0. The highest BCUT2D eigenvalue weighted by Crippen LogP contribution is 2.23. The summed E-state index contributed by atoms with van der Waals surface area (Å²) >= 11 is 0. The number of nitrogens with zero attached hydrogens (tertiary/aromatic N) is 1. The molecule has 0 radical (unpaired) electrons. The molecule has 6 nitrogen and oxygen atoms in total. The minimum atomic E-state index is -0.342. The van der Waals surface area contributed by atoms with E-state index in [-0.39, 0.29) is 6.03 Å². The molecular formula is C10H10N4O2. The summed E-state index contributed by atoms with van der Waals surface area (Å²) < 4.78 is 0. The van der Waals surface area contributed by atoms with Crippen molar-refractivity contribution in [3.8, 4) is 0 Å². The number of aromatic amines is 1. The Kier molecular flexibility index (Phi) is 2.55. The lowest BCUT2D eigenvalue weighted by atomic mass is 10.2. The fourth-order valence-corrected chi connectivity index (χ4v) is 1.46. The molecule has 2 aromatic heterocycles. The van der Waals surface area contributed by atoms with Crippen LogP contribution in [0.2, 0.25) is 0 Å². The van der Waals surface area contributed by atoms with Gasteiger partial charge in [-0.1, -0.05) is 0 Å². The molecular weight excluding hydrogens is 208 g/mol. The van der Waals surface area contributed by atoms with Crippen molar-refractivity contribution in [3.05, 3.63) is 24.0 Å². The Morgan fingerprint density at radius 3 is 3.06 bits per heavy atom. The van der Waals surface area contributed by atoms with Gasteiger partial charge in [-0.3, -0.25) is 4.79 Å². The van der Waals surface area contributed by atoms with Crippen LogP contribution in [0.3, 0.4) is 0 Å². The van der Waals surface area contributed by atoms with Gasteiger partial charge in [0.2, 0.25) is 0 Å². The van der Waals surface area contributed by atoms with Gasteiger partial charge in [-0.2, -0.15) is 0 Å². The Labute approximate surface area is 91.1 Å². The molecule has 16 heavy (non-hydrogen) atoms. The second kappa shape index (κ2) is 4.01. The van der Waals surface area contributed by atoms with Gasteiger partial charge < -0.3 is 15.6 Å². The lowest BCUT2D eigenvalue weighted by molar-refractivity contribution is 0.112. The number of carbonyl (C=O) groups is 2. The van der Waals surface area contributed by atoms with E-state index in [1.165, 1.54) is 7.05 Å². The number of anilines is 1. The van der Waals surface area contributed by atoms with Crippen molar-refractivity contribution in [2.24, 2.45) is 0 Å². The number of fused-ring (bicyclic) bond motifs is 1. The van der Waals surface area contributed by atoms with Crippen molar-refractivity contribution in [2.45, 2.75) is 0 Å². The first-order chi connectivity index (χ1) is 7.76. The van der Waals surface area contributed by atoms with Gasteiger partial charge in [-0.15, -0.1) is 0 Å². The van der Waals surface area contributed by atoms with E-state index in [2.05, 4.69) is 20.6 Å². The van der Waals surface area contributed by atoms with Gasteiger partial charge in [0, 0.05) is 25.0 Å². The highest BCUT2D eigenvalue weighted by Gasteiger charge is 2.10. The van der Waals surface area contributed by atoms with Crippen molar-refractivity contribution < 1.29 is 9.59 Å². The highest BCUT2D eigenvalue weighted by atomic mass is 16.2. The summed E-state index contributed by atoms with van der Waals surface area (Å²) in [7, 11) is 1.52. The molecule has 2 heterocycles. The molecule has 0 aliphatic heterocycles. The maximum absolute atomic E-state index is 11.2. The number of amides is 2. The summed E-state index contributed by atoms with van der Waals surface area (Å²) in [6.07, 6.45) is 3.83. The van der Waals surface area contributed by atoms with Gasteiger partial charge in [0.25, 0.3) is 0 Å². The number of urea groups is 1. The van der Waals surface area contributed by atoms with E-state index in [1.807, 2.05) is 0 Å². The Hall–Kier alpha value is -2.37. The van der Waals surface area contributed by atoms with Crippen molar-refractivity contribution in [1.82, 2.24) is 15.3 Å². The maximum atomic E-state index is 11.2. The van der Waals surface area contributed by atoms with E-state index in [0.717, 1.165) is 6.29 Å². The number of carbonyl (C=O) groups excluding carboxylic acids is 2. The third-order valence-corrected chi connectivity index (χ3v) is 2.21. The predicted octanol–water partition coefficient (Wildman–Crippen LogP) is 1.13. The number of rotatable bonds is 2. The van der Waals surface area contributed by atoms with Crippen LogP contribution in [-0.4, -0.2) is 29.3 Å². The first-order valence-corrected chi connectivity index (χ1v) is 4.66. The standard InChI is InChI=1S/C10H10N4O2/c1-11-10(16)14-7-2-3-12-9-8(7)6(5-15)4-13-9/h2-5H,1H3,(H3,11,12,13,14,16). The highest BCUT2D eigenvalue weighted by molar-refractivity contribution is 6.06. The van der Waals surface area contributed by atoms with Gasteiger partial charge in [0.1, 0.15) is 5.65 Å². The SMILES string of the molecule is CNC(=O)Nc1ccnc2[nH]cc(C=O)c12. The van der Waals surface area contributed by atoms with Crippen LogP contribution < -0.4 is 10.6 Å². The summed E-state index contributed by atoms with van der Waals surface area (Å²) in [5, 5.41) is 5.68. The zero-order valence-electron chi connectivity index (χ0n) is 8.57. The number of aldehydes is 1. The molecule has 0 spiro atoms. The van der Waals surface area contributed by atoms with Gasteiger partial charge in [0.05, 0.1) is 11.1 Å². The lowest BCUT2D eigenvalue weighted by Crippen LogP contribution is -2.24. The average molecular weight is 218 g/mol. The van der Waals surface area contributed by atoms with Crippen molar-refractivity contribution in [2.75, 3.05) is 12.4 Å². The van der Waals surface area contributed by atoms with Crippen LogP contribution in [-0.2, 0) is 0 Å². The fraction of sp³-hybridized carbons (Fsp3) is 0.100. The monoisotopic (exact) mass is 218 g/mol. The zero-order chi connectivity index (χ0) is 11.5. The van der Waals surface area contributed by atoms with E-state index < -0.39 is 0 Å². The Morgan fingerprint density at radius 1 is 1.56 bits per heavy atom. The van der Waals surface area contributed by atoms with Crippen LogP contribution in [0.5, 0.6) is 0 Å². The molecule has 0 atom stereocenters. The molecule has 2 amide bonds. The van der Waals surface area contributed by atoms with E-state index in [0.29, 0.717) is 22.3 Å². The van der Waals surface area contributed by atoms with Crippen molar-refractivity contribution in [1.29, 1.82) is 0 Å². The molecule has 0 aliphatic rings. The number of pyridine rings is 1. The number of nitrogens with one attached hydrogen (secondary N) is 3. The molecule has 3 N–H and O–H groups in total. The molecule has 0 saturated heterocycles. The molecule has 2 rings (SSSR count). The Balaban J connectivity index is 2.55. The fourth-order valence-electron chi connectivity index (χ4n) is 1.46. The van der Waals surface area contributed by atoms with Gasteiger partial charge in [-0.25, -0.2) is 9.78 Å². The molecule has 82 valence electrons. The maximum Gasteiger partial charge on any atom is 0.318 e. The van der Waals surface area contributed by atoms with Crippen LogP contribution in [0.1, 0.15) is 10.4 Å². The first-order valence-electron chi connectivity index (χ1n) is 4.66. The lowest BCUT2D eigenvalue weighted by Gasteiger charge is -2.05. The van der Waals surface area contributed by atoms with E-state index in [9.17, 15) is 9.59 Å². The van der Waals surface area contributed by atoms with Crippen molar-refractivity contribution >= 4 is 29.0 Å². The normalized spacial score (nSPS) is 10.1. The van der Waals surface area contributed by atoms with Crippen LogP contribution in [0.4, 0.5) is 10.5 Å². The molecule has 0 aliphatic carbocycles. The minimum absolute atomic E-state index is 0.342. The Bertz CT molecular complexity index is 547. The van der Waals surface area contributed by atoms with Crippen LogP contribution in [0.25, 0.3) is 11.0 Å². The van der Waals surface area contributed by atoms with Gasteiger partial charge >= 0.3 is 6.03 Å². The van der Waals surface area contributed by atoms with Gasteiger partial charge in [-0.05, 0) is 6.07 Å². The first kappa shape index (κ1) is 10.2. The zero-order valence-corrected chi connectivity index (χ0v) is 8.57. The molecule has 6 heteroatoms. The summed E-state index contributed by atoms with van der Waals surface area (Å²) in [5.41, 5.74) is 1.58. The quantitative estimate of drug-likeness (QED) is 0.660. The van der Waals surface area contributed by atoms with Crippen LogP contribution in [0, 0.1) is 0 Å². The van der Waals surface area contributed by atoms with Crippen LogP contribution >= 0.6 is 0 Å². The molecule has 0 bridgehead atoms. The van der Waals surface area contributed by atoms with E-state index in [1.54, 1.807) is 18.5 Å². The number of hydrogen-bond acceptors (Lipinski definition) is 3. The largest absolute Gasteiger partial charge is 0.345 e. The third kappa shape index (κ3) is 1.60. The van der Waals surface area contributed by atoms with E-state index in [4.69, 9.17) is 0 Å².